The maximum Gasteiger partial charge on any atom is 0.246 e. The van der Waals surface area contributed by atoms with Crippen LogP contribution in [0.3, 0.4) is 0 Å². The van der Waals surface area contributed by atoms with Crippen molar-refractivity contribution in [3.63, 3.8) is 0 Å². The van der Waals surface area contributed by atoms with Crippen LogP contribution in [0.5, 0.6) is 23.1 Å². The summed E-state index contributed by atoms with van der Waals surface area (Å²) in [6, 6.07) is 31.7. The number of carbonyl (C=O) groups excluding carboxylic acids is 1. The van der Waals surface area contributed by atoms with Gasteiger partial charge in [-0.3, -0.25) is 9.69 Å². The van der Waals surface area contributed by atoms with Gasteiger partial charge in [0.25, 0.3) is 0 Å². The van der Waals surface area contributed by atoms with E-state index in [1.807, 2.05) is 54.3 Å². The number of pyridine rings is 1. The fraction of sp³-hybridized carbons (Fsp3) is 0.238. The van der Waals surface area contributed by atoms with Crippen LogP contribution in [0.2, 0.25) is 10.0 Å². The molecule has 262 valence electrons. The molecule has 0 spiro atoms. The molecule has 0 aliphatic carbocycles. The number of hydrogen-bond acceptors (Lipinski definition) is 6. The molecule has 0 saturated carbocycles. The normalized spacial score (nSPS) is 13.4. The zero-order valence-electron chi connectivity index (χ0n) is 28.9. The third-order valence-corrected chi connectivity index (χ3v) is 9.38. The second kappa shape index (κ2) is 17.4. The highest BCUT2D eigenvalue weighted by Crippen LogP contribution is 2.34. The largest absolute Gasteiger partial charge is 0.493 e. The highest BCUT2D eigenvalue weighted by Gasteiger charge is 2.20. The van der Waals surface area contributed by atoms with E-state index < -0.39 is 0 Å². The second-order valence-electron chi connectivity index (χ2n) is 12.6. The Hall–Kier alpha value is -4.82. The number of hydrogen-bond donors (Lipinski definition) is 0. The van der Waals surface area contributed by atoms with Gasteiger partial charge in [-0.05, 0) is 78.6 Å². The lowest BCUT2D eigenvalue weighted by Crippen LogP contribution is -2.47. The molecule has 1 aliphatic rings. The van der Waals surface area contributed by atoms with E-state index in [0.29, 0.717) is 53.7 Å². The van der Waals surface area contributed by atoms with E-state index in [2.05, 4.69) is 53.2 Å². The number of nitrogens with zero attached hydrogens (tertiary/aromatic N) is 3. The van der Waals surface area contributed by atoms with E-state index in [0.717, 1.165) is 48.5 Å². The van der Waals surface area contributed by atoms with Gasteiger partial charge in [0.15, 0.2) is 5.75 Å². The molecule has 1 amide bonds. The van der Waals surface area contributed by atoms with Crippen LogP contribution < -0.4 is 14.2 Å². The Labute approximate surface area is 310 Å². The predicted octanol–water partition coefficient (Wildman–Crippen LogP) is 9.36. The van der Waals surface area contributed by atoms with Gasteiger partial charge in [0.05, 0.1) is 17.8 Å². The molecule has 5 aromatic rings. The fourth-order valence-corrected chi connectivity index (χ4v) is 6.27. The number of rotatable bonds is 13. The molecule has 51 heavy (non-hydrogen) atoms. The Morgan fingerprint density at radius 2 is 1.53 bits per heavy atom. The van der Waals surface area contributed by atoms with Gasteiger partial charge >= 0.3 is 0 Å². The molecule has 2 heterocycles. The van der Waals surface area contributed by atoms with Gasteiger partial charge in [-0.1, -0.05) is 83.4 Å². The predicted molar refractivity (Wildman–Crippen MR) is 204 cm³/mol. The Balaban J connectivity index is 0.935. The molecule has 1 aliphatic heterocycles. The Morgan fingerprint density at radius 3 is 2.24 bits per heavy atom. The lowest BCUT2D eigenvalue weighted by molar-refractivity contribution is -0.127. The van der Waals surface area contributed by atoms with Crippen molar-refractivity contribution in [3.8, 4) is 23.1 Å². The molecule has 1 fully saturated rings. The van der Waals surface area contributed by atoms with Crippen LogP contribution in [-0.4, -0.2) is 53.5 Å². The van der Waals surface area contributed by atoms with Crippen molar-refractivity contribution in [2.75, 3.05) is 32.8 Å². The number of benzene rings is 4. The highest BCUT2D eigenvalue weighted by molar-refractivity contribution is 6.32. The lowest BCUT2D eigenvalue weighted by Gasteiger charge is -2.34. The van der Waals surface area contributed by atoms with Crippen molar-refractivity contribution in [1.82, 2.24) is 14.8 Å². The minimum Gasteiger partial charge on any atom is -0.493 e. The summed E-state index contributed by atoms with van der Waals surface area (Å²) in [5.41, 5.74) is 6.29. The van der Waals surface area contributed by atoms with E-state index in [9.17, 15) is 4.79 Å². The van der Waals surface area contributed by atoms with Crippen molar-refractivity contribution in [1.29, 1.82) is 0 Å². The first kappa shape index (κ1) is 36.0. The molecule has 0 bridgehead atoms. The number of carbonyl (C=O) groups is 1. The van der Waals surface area contributed by atoms with Gasteiger partial charge in [0, 0.05) is 61.9 Å². The van der Waals surface area contributed by atoms with Crippen molar-refractivity contribution in [2.45, 2.75) is 33.4 Å². The molecule has 9 heteroatoms. The molecule has 0 N–H and O–H groups in total. The van der Waals surface area contributed by atoms with Crippen molar-refractivity contribution in [2.24, 2.45) is 0 Å². The van der Waals surface area contributed by atoms with Gasteiger partial charge in [-0.15, -0.1) is 0 Å². The summed E-state index contributed by atoms with van der Waals surface area (Å²) in [5, 5.41) is 1.09. The summed E-state index contributed by atoms with van der Waals surface area (Å²) in [5.74, 6) is 2.38. The number of piperazine rings is 1. The van der Waals surface area contributed by atoms with Gasteiger partial charge in [0.1, 0.15) is 18.1 Å². The quantitative estimate of drug-likeness (QED) is 0.113. The first-order valence-corrected chi connectivity index (χ1v) is 17.8. The molecular formula is C42H41Cl2N3O4. The highest BCUT2D eigenvalue weighted by atomic mass is 35.5. The minimum absolute atomic E-state index is 0.0120. The van der Waals surface area contributed by atoms with Crippen molar-refractivity contribution < 1.29 is 19.0 Å². The third kappa shape index (κ3) is 10.4. The van der Waals surface area contributed by atoms with Crippen LogP contribution in [0.1, 0.15) is 33.4 Å². The van der Waals surface area contributed by atoms with Gasteiger partial charge < -0.3 is 19.1 Å². The van der Waals surface area contributed by atoms with E-state index in [1.165, 1.54) is 16.7 Å². The zero-order chi connectivity index (χ0) is 35.6. The Morgan fingerprint density at radius 1 is 0.804 bits per heavy atom. The van der Waals surface area contributed by atoms with Crippen LogP contribution >= 0.6 is 23.2 Å². The third-order valence-electron chi connectivity index (χ3n) is 8.73. The average Bonchev–Trinajstić information content (AvgIpc) is 3.14. The summed E-state index contributed by atoms with van der Waals surface area (Å²) < 4.78 is 17.7. The van der Waals surface area contributed by atoms with Gasteiger partial charge in [-0.25, -0.2) is 4.98 Å². The molecular weight excluding hydrogens is 681 g/mol. The molecule has 0 atom stereocenters. The minimum atomic E-state index is -0.0120. The topological polar surface area (TPSA) is 64.1 Å². The Kier molecular flexibility index (Phi) is 12.3. The molecule has 0 radical (unpaired) electrons. The van der Waals surface area contributed by atoms with Crippen LogP contribution in [-0.2, 0) is 24.4 Å². The lowest BCUT2D eigenvalue weighted by atomic mass is 10.1. The Bertz CT molecular complexity index is 1920. The first-order chi connectivity index (χ1) is 24.8. The number of amides is 1. The zero-order valence-corrected chi connectivity index (χ0v) is 30.4. The summed E-state index contributed by atoms with van der Waals surface area (Å²) in [6.07, 6.45) is 5.88. The van der Waals surface area contributed by atoms with Gasteiger partial charge in [-0.2, -0.15) is 0 Å². The van der Waals surface area contributed by atoms with E-state index >= 15 is 0 Å². The van der Waals surface area contributed by atoms with Crippen LogP contribution in [0.15, 0.2) is 109 Å². The monoisotopic (exact) mass is 721 g/mol. The summed E-state index contributed by atoms with van der Waals surface area (Å²) >= 11 is 12.8. The molecule has 7 nitrogen and oxygen atoms in total. The average molecular weight is 723 g/mol. The van der Waals surface area contributed by atoms with Crippen molar-refractivity contribution in [3.05, 3.63) is 153 Å². The number of halogens is 2. The second-order valence-corrected chi connectivity index (χ2v) is 13.4. The van der Waals surface area contributed by atoms with Gasteiger partial charge in [0.2, 0.25) is 11.8 Å². The number of aromatic nitrogens is 1. The molecule has 6 rings (SSSR count). The van der Waals surface area contributed by atoms with E-state index in [4.69, 9.17) is 37.4 Å². The maximum atomic E-state index is 13.0. The maximum absolute atomic E-state index is 13.0. The van der Waals surface area contributed by atoms with Crippen LogP contribution in [0.25, 0.3) is 6.08 Å². The molecule has 1 aromatic heterocycles. The smallest absolute Gasteiger partial charge is 0.246 e. The first-order valence-electron chi connectivity index (χ1n) is 17.1. The fourth-order valence-electron chi connectivity index (χ4n) is 5.77. The van der Waals surface area contributed by atoms with Crippen LogP contribution in [0.4, 0.5) is 0 Å². The standard InChI is InChI=1S/C42H41Cl2N3O4/c1-30-7-14-36(15-8-30)49-24-19-32-9-11-33(12-10-32)28-46-20-22-47(23-21-46)41(48)18-13-34-25-31(2)42(39(44)26-34)51-40-17-16-37(27-45-40)50-29-35-5-3-4-6-38(35)43/h3-18,25-27H,19-24,28-29H2,1-2H3. The van der Waals surface area contributed by atoms with Crippen LogP contribution in [0, 0.1) is 13.8 Å². The molecule has 0 unspecified atom stereocenters. The summed E-state index contributed by atoms with van der Waals surface area (Å²) in [6.45, 7) is 8.84. The molecule has 1 saturated heterocycles. The van der Waals surface area contributed by atoms with Crippen molar-refractivity contribution >= 4 is 35.2 Å². The number of aryl methyl sites for hydroxylation is 2. The van der Waals surface area contributed by atoms with E-state index in [-0.39, 0.29) is 5.91 Å². The van der Waals surface area contributed by atoms with E-state index in [1.54, 1.807) is 36.5 Å². The summed E-state index contributed by atoms with van der Waals surface area (Å²) in [7, 11) is 0. The molecule has 4 aromatic carbocycles. The number of ether oxygens (including phenoxy) is 3. The SMILES string of the molecule is Cc1ccc(OCCc2ccc(CN3CCN(C(=O)C=Cc4cc(C)c(Oc5ccc(OCc6ccccc6Cl)cn5)c(Cl)c4)CC3)cc2)cc1. The summed E-state index contributed by atoms with van der Waals surface area (Å²) in [4.78, 5) is 21.7.